The smallest absolute Gasteiger partial charge is 0.422 e. The zero-order valence-corrected chi connectivity index (χ0v) is 30.5. The highest BCUT2D eigenvalue weighted by Crippen LogP contribution is 2.48. The summed E-state index contributed by atoms with van der Waals surface area (Å²) in [5, 5.41) is 23.6. The first-order valence-electron chi connectivity index (χ1n) is 17.4. The minimum atomic E-state index is -4.65. The van der Waals surface area contributed by atoms with Crippen molar-refractivity contribution in [3.05, 3.63) is 119 Å². The number of carbonyl (C=O) groups excluding carboxylic acids is 3. The Kier molecular flexibility index (Phi) is 12.2. The number of aromatic nitrogens is 3. The van der Waals surface area contributed by atoms with E-state index in [9.17, 15) is 37.5 Å². The molecule has 5 aromatic rings. The van der Waals surface area contributed by atoms with Gasteiger partial charge in [0, 0.05) is 28.5 Å². The van der Waals surface area contributed by atoms with Crippen LogP contribution in [0.25, 0.3) is 11.1 Å². The van der Waals surface area contributed by atoms with Crippen molar-refractivity contribution in [2.75, 3.05) is 29.1 Å². The van der Waals surface area contributed by atoms with Gasteiger partial charge in [-0.15, -0.1) is 0 Å². The molecule has 1 saturated carbocycles. The molecule has 4 aromatic carbocycles. The molecule has 1 aliphatic rings. The fourth-order valence-corrected chi connectivity index (χ4v) is 5.74. The molecular weight excluding hydrogens is 769 g/mol. The summed E-state index contributed by atoms with van der Waals surface area (Å²) in [4.78, 5) is 62.2. The second kappa shape index (κ2) is 17.4. The number of halogens is 4. The molecule has 6 rings (SSSR count). The third-order valence-electron chi connectivity index (χ3n) is 8.64. The average molecular weight is 803 g/mol. The van der Waals surface area contributed by atoms with Crippen LogP contribution in [0.3, 0.4) is 0 Å². The van der Waals surface area contributed by atoms with Gasteiger partial charge in [0.05, 0.1) is 5.54 Å². The SMILES string of the molecule is O=C(NCC[C@H](NC(=O)c1ccc(Nc2nc(NC3(c4ccc(Cl)cc4)CC3)nc(OCC(F)(F)F)n2)cc1)C(=O)O)C(=O)Nc1cccc(-c2ccccc2)c1. The summed E-state index contributed by atoms with van der Waals surface area (Å²) >= 11 is 6.03. The molecule has 57 heavy (non-hydrogen) atoms. The summed E-state index contributed by atoms with van der Waals surface area (Å²) in [6.45, 7) is -1.87. The van der Waals surface area contributed by atoms with E-state index in [1.807, 2.05) is 48.5 Å². The second-order valence-corrected chi connectivity index (χ2v) is 13.3. The molecule has 1 heterocycles. The molecule has 0 aliphatic heterocycles. The average Bonchev–Trinajstić information content (AvgIpc) is 3.97. The first kappa shape index (κ1) is 39.9. The highest BCUT2D eigenvalue weighted by Gasteiger charge is 2.45. The molecule has 0 bridgehead atoms. The molecule has 1 fully saturated rings. The summed E-state index contributed by atoms with van der Waals surface area (Å²) in [6, 6.07) is 27.1. The predicted octanol–water partition coefficient (Wildman–Crippen LogP) is 6.31. The maximum atomic E-state index is 13.0. The number of rotatable bonds is 15. The highest BCUT2D eigenvalue weighted by molar-refractivity contribution is 6.39. The number of hydrogen-bond acceptors (Lipinski definition) is 10. The van der Waals surface area contributed by atoms with Crippen molar-refractivity contribution >= 4 is 58.6 Å². The van der Waals surface area contributed by atoms with Gasteiger partial charge in [0.2, 0.25) is 11.9 Å². The number of alkyl halides is 3. The van der Waals surface area contributed by atoms with Gasteiger partial charge in [-0.1, -0.05) is 66.2 Å². The third-order valence-corrected chi connectivity index (χ3v) is 8.89. The van der Waals surface area contributed by atoms with Crippen LogP contribution in [0.4, 0.5) is 36.4 Å². The number of hydrogen-bond donors (Lipinski definition) is 6. The number of aliphatic carboxylic acids is 1. The van der Waals surface area contributed by atoms with E-state index in [-0.39, 0.29) is 30.4 Å². The van der Waals surface area contributed by atoms with Crippen molar-refractivity contribution in [1.29, 1.82) is 0 Å². The normalized spacial score (nSPS) is 13.4. The van der Waals surface area contributed by atoms with Gasteiger partial charge in [-0.05, 0) is 84.5 Å². The molecule has 0 spiro atoms. The van der Waals surface area contributed by atoms with Gasteiger partial charge >= 0.3 is 30.0 Å². The van der Waals surface area contributed by atoms with Crippen molar-refractivity contribution in [2.45, 2.75) is 37.0 Å². The van der Waals surface area contributed by atoms with Crippen LogP contribution < -0.4 is 31.3 Å². The van der Waals surface area contributed by atoms with Crippen LogP contribution in [-0.2, 0) is 19.9 Å². The van der Waals surface area contributed by atoms with Crippen molar-refractivity contribution < 1.29 is 42.2 Å². The van der Waals surface area contributed by atoms with Crippen molar-refractivity contribution in [3.63, 3.8) is 0 Å². The molecule has 0 unspecified atom stereocenters. The molecule has 3 amide bonds. The lowest BCUT2D eigenvalue weighted by Crippen LogP contribution is -2.44. The summed E-state index contributed by atoms with van der Waals surface area (Å²) in [7, 11) is 0. The topological polar surface area (TPSA) is 197 Å². The van der Waals surface area contributed by atoms with Gasteiger partial charge in [-0.3, -0.25) is 14.4 Å². The Labute approximate surface area is 328 Å². The maximum Gasteiger partial charge on any atom is 0.422 e. The lowest BCUT2D eigenvalue weighted by molar-refractivity contribution is -0.154. The van der Waals surface area contributed by atoms with Crippen molar-refractivity contribution in [1.82, 2.24) is 25.6 Å². The van der Waals surface area contributed by atoms with E-state index in [4.69, 9.17) is 16.3 Å². The molecular formula is C39H34ClF3N8O6. The van der Waals surface area contributed by atoms with Crippen LogP contribution in [0.5, 0.6) is 6.01 Å². The number of carbonyl (C=O) groups is 4. The van der Waals surface area contributed by atoms with E-state index in [2.05, 4.69) is 41.5 Å². The first-order chi connectivity index (χ1) is 27.2. The quantitative estimate of drug-likeness (QED) is 0.0650. The summed E-state index contributed by atoms with van der Waals surface area (Å²) < 4.78 is 43.7. The molecule has 1 aliphatic carbocycles. The number of ether oxygens (including phenoxy) is 1. The Morgan fingerprint density at radius 3 is 2.16 bits per heavy atom. The summed E-state index contributed by atoms with van der Waals surface area (Å²) in [6.07, 6.45) is -3.49. The number of benzene rings is 4. The number of carboxylic acid groups (broad SMARTS) is 1. The lowest BCUT2D eigenvalue weighted by Gasteiger charge is -2.19. The minimum Gasteiger partial charge on any atom is -0.480 e. The van der Waals surface area contributed by atoms with E-state index in [0.29, 0.717) is 29.2 Å². The van der Waals surface area contributed by atoms with Crippen molar-refractivity contribution in [3.8, 4) is 17.1 Å². The molecule has 294 valence electrons. The van der Waals surface area contributed by atoms with E-state index >= 15 is 0 Å². The number of amides is 3. The number of anilines is 4. The molecule has 0 radical (unpaired) electrons. The van der Waals surface area contributed by atoms with Crippen molar-refractivity contribution in [2.24, 2.45) is 0 Å². The fraction of sp³-hybridized carbons (Fsp3) is 0.205. The van der Waals surface area contributed by atoms with Crippen LogP contribution in [0, 0.1) is 0 Å². The molecule has 1 atom stereocenters. The molecule has 6 N–H and O–H groups in total. The maximum absolute atomic E-state index is 13.0. The molecule has 1 aromatic heterocycles. The monoisotopic (exact) mass is 802 g/mol. The Hall–Kier alpha value is -6.75. The van der Waals surface area contributed by atoms with E-state index in [1.165, 1.54) is 24.3 Å². The Morgan fingerprint density at radius 2 is 1.49 bits per heavy atom. The Morgan fingerprint density at radius 1 is 0.807 bits per heavy atom. The summed E-state index contributed by atoms with van der Waals surface area (Å²) in [5.41, 5.74) is 2.85. The Bertz CT molecular complexity index is 2240. The summed E-state index contributed by atoms with van der Waals surface area (Å²) in [5.74, 6) is -4.27. The van der Waals surface area contributed by atoms with Crippen LogP contribution in [0.15, 0.2) is 103 Å². The van der Waals surface area contributed by atoms with Gasteiger partial charge in [-0.25, -0.2) is 4.79 Å². The lowest BCUT2D eigenvalue weighted by atomic mass is 10.1. The van der Waals surface area contributed by atoms with Gasteiger partial charge in [-0.2, -0.15) is 28.1 Å². The number of carboxylic acids is 1. The van der Waals surface area contributed by atoms with Crippen LogP contribution >= 0.6 is 11.6 Å². The Balaban J connectivity index is 1.04. The fourth-order valence-electron chi connectivity index (χ4n) is 5.61. The molecule has 14 nitrogen and oxygen atoms in total. The third kappa shape index (κ3) is 11.2. The van der Waals surface area contributed by atoms with Gasteiger partial charge in [0.1, 0.15) is 6.04 Å². The van der Waals surface area contributed by atoms with Gasteiger partial charge in [0.15, 0.2) is 6.61 Å². The minimum absolute atomic E-state index is 0.0433. The van der Waals surface area contributed by atoms with E-state index in [1.54, 1.807) is 30.3 Å². The van der Waals surface area contributed by atoms with Gasteiger partial charge < -0.3 is 36.4 Å². The standard InChI is InChI=1S/C39H34ClF3N8O6/c40-27-13-11-26(12-14-27)38(18-19-38)51-36-48-35(49-37(50-36)57-22-39(41,42)43)46-28-15-9-24(10-16-28)31(52)47-30(34(55)56)17-20-44-32(53)33(54)45-29-8-4-7-25(21-29)23-5-2-1-3-6-23/h1-16,21,30H,17-20,22H2,(H,44,53)(H,45,54)(H,47,52)(H,55,56)(H2,46,48,49,50,51)/t30-/m0/s1. The molecule has 0 saturated heterocycles. The number of nitrogens with one attached hydrogen (secondary N) is 5. The highest BCUT2D eigenvalue weighted by atomic mass is 35.5. The van der Waals surface area contributed by atoms with E-state index < -0.39 is 54.1 Å². The molecule has 18 heteroatoms. The number of nitrogens with zero attached hydrogens (tertiary/aromatic N) is 3. The predicted molar refractivity (Wildman–Crippen MR) is 204 cm³/mol. The zero-order valence-electron chi connectivity index (χ0n) is 29.8. The van der Waals surface area contributed by atoms with Gasteiger partial charge in [0.25, 0.3) is 5.91 Å². The van der Waals surface area contributed by atoms with Crippen LogP contribution in [-0.4, -0.2) is 69.1 Å². The van der Waals surface area contributed by atoms with Crippen LogP contribution in [0.2, 0.25) is 5.02 Å². The van der Waals surface area contributed by atoms with E-state index in [0.717, 1.165) is 16.7 Å². The second-order valence-electron chi connectivity index (χ2n) is 12.9. The largest absolute Gasteiger partial charge is 0.480 e. The van der Waals surface area contributed by atoms with Crippen LogP contribution in [0.1, 0.15) is 35.2 Å². The zero-order chi connectivity index (χ0) is 40.6. The first-order valence-corrected chi connectivity index (χ1v) is 17.8.